The van der Waals surface area contributed by atoms with Gasteiger partial charge >= 0.3 is 0 Å². The number of amides is 1. The molecule has 0 unspecified atom stereocenters. The summed E-state index contributed by atoms with van der Waals surface area (Å²) in [6.45, 7) is 1.70. The number of carbonyl (C=O) groups excluding carboxylic acids is 1. The van der Waals surface area contributed by atoms with Gasteiger partial charge in [0.15, 0.2) is 11.5 Å². The standard InChI is InChI=1S/C21H22FN7O/c22-16-4-1-3-15(13-16)21(14-28-19(30)17-18(23)25-10-9-24-17)5-11-29(12-6-21)20-26-7-2-8-27-20/h1-4,7-10,13H,5-6,11-12,14H2,(H2,23,25)(H,28,30). The number of hydrogen-bond donors (Lipinski definition) is 2. The van der Waals surface area contributed by atoms with Crippen molar-refractivity contribution in [1.29, 1.82) is 0 Å². The van der Waals surface area contributed by atoms with Crippen LogP contribution in [0.4, 0.5) is 16.2 Å². The lowest BCUT2D eigenvalue weighted by atomic mass is 9.72. The van der Waals surface area contributed by atoms with Gasteiger partial charge in [0.2, 0.25) is 5.95 Å². The van der Waals surface area contributed by atoms with Gasteiger partial charge in [-0.15, -0.1) is 0 Å². The molecule has 1 aliphatic rings. The fourth-order valence-electron chi connectivity index (χ4n) is 3.83. The molecule has 9 heteroatoms. The zero-order valence-corrected chi connectivity index (χ0v) is 16.3. The number of aromatic nitrogens is 4. The molecule has 2 aromatic heterocycles. The summed E-state index contributed by atoms with van der Waals surface area (Å²) >= 11 is 0. The SMILES string of the molecule is Nc1nccnc1C(=O)NCC1(c2cccc(F)c2)CCN(c2ncccn2)CC1. The predicted molar refractivity (Wildman–Crippen MR) is 110 cm³/mol. The largest absolute Gasteiger partial charge is 0.382 e. The van der Waals surface area contributed by atoms with Crippen molar-refractivity contribution in [3.8, 4) is 0 Å². The lowest BCUT2D eigenvalue weighted by molar-refractivity contribution is 0.0934. The van der Waals surface area contributed by atoms with Crippen LogP contribution < -0.4 is 16.0 Å². The number of piperidine rings is 1. The number of nitrogens with two attached hydrogens (primary N) is 1. The third kappa shape index (κ3) is 4.05. The summed E-state index contributed by atoms with van der Waals surface area (Å²) in [7, 11) is 0. The maximum atomic E-state index is 14.0. The van der Waals surface area contributed by atoms with Crippen LogP contribution in [0.1, 0.15) is 28.9 Å². The zero-order chi connectivity index (χ0) is 21.0. The Kier molecular flexibility index (Phi) is 5.51. The van der Waals surface area contributed by atoms with E-state index in [-0.39, 0.29) is 17.3 Å². The second-order valence-electron chi connectivity index (χ2n) is 7.30. The Bertz CT molecular complexity index is 1020. The minimum absolute atomic E-state index is 0.0749. The molecule has 8 nitrogen and oxygen atoms in total. The molecule has 1 fully saturated rings. The highest BCUT2D eigenvalue weighted by molar-refractivity contribution is 5.96. The fourth-order valence-corrected chi connectivity index (χ4v) is 3.83. The Morgan fingerprint density at radius 2 is 1.80 bits per heavy atom. The van der Waals surface area contributed by atoms with Crippen LogP contribution in [0.3, 0.4) is 0 Å². The van der Waals surface area contributed by atoms with Crippen molar-refractivity contribution in [1.82, 2.24) is 25.3 Å². The first kappa shape index (κ1) is 19.7. The highest BCUT2D eigenvalue weighted by Gasteiger charge is 2.37. The third-order valence-corrected chi connectivity index (χ3v) is 5.52. The van der Waals surface area contributed by atoms with Crippen LogP contribution >= 0.6 is 0 Å². The molecule has 1 aromatic carbocycles. The average molecular weight is 407 g/mol. The van der Waals surface area contributed by atoms with Crippen molar-refractivity contribution in [3.05, 3.63) is 72.2 Å². The van der Waals surface area contributed by atoms with Crippen molar-refractivity contribution in [2.45, 2.75) is 18.3 Å². The summed E-state index contributed by atoms with van der Waals surface area (Å²) in [6, 6.07) is 8.33. The van der Waals surface area contributed by atoms with Crippen LogP contribution in [0.5, 0.6) is 0 Å². The van der Waals surface area contributed by atoms with Crippen LogP contribution in [0.2, 0.25) is 0 Å². The van der Waals surface area contributed by atoms with Gasteiger partial charge in [0.05, 0.1) is 0 Å². The first-order valence-corrected chi connectivity index (χ1v) is 9.70. The van der Waals surface area contributed by atoms with Crippen LogP contribution in [-0.2, 0) is 5.41 Å². The molecule has 3 aromatic rings. The second kappa shape index (κ2) is 8.40. The first-order chi connectivity index (χ1) is 14.6. The summed E-state index contributed by atoms with van der Waals surface area (Å²) in [5, 5.41) is 2.93. The Labute approximate surface area is 173 Å². The van der Waals surface area contributed by atoms with Gasteiger partial charge in [-0.25, -0.2) is 24.3 Å². The molecule has 30 heavy (non-hydrogen) atoms. The Morgan fingerprint density at radius 3 is 2.50 bits per heavy atom. The molecule has 1 amide bonds. The van der Waals surface area contributed by atoms with Gasteiger partial charge in [0, 0.05) is 49.8 Å². The van der Waals surface area contributed by atoms with E-state index in [1.165, 1.54) is 24.5 Å². The van der Waals surface area contributed by atoms with Crippen molar-refractivity contribution >= 4 is 17.7 Å². The topological polar surface area (TPSA) is 110 Å². The quantitative estimate of drug-likeness (QED) is 0.665. The van der Waals surface area contributed by atoms with Crippen LogP contribution in [0, 0.1) is 5.82 Å². The monoisotopic (exact) mass is 407 g/mol. The van der Waals surface area contributed by atoms with E-state index >= 15 is 0 Å². The van der Waals surface area contributed by atoms with Crippen LogP contribution in [0.15, 0.2) is 55.1 Å². The highest BCUT2D eigenvalue weighted by atomic mass is 19.1. The fraction of sp³-hybridized carbons (Fsp3) is 0.286. The molecule has 0 bridgehead atoms. The van der Waals surface area contributed by atoms with E-state index < -0.39 is 11.3 Å². The van der Waals surface area contributed by atoms with Gasteiger partial charge in [0.25, 0.3) is 5.91 Å². The highest BCUT2D eigenvalue weighted by Crippen LogP contribution is 2.36. The summed E-state index contributed by atoms with van der Waals surface area (Å²) in [5.41, 5.74) is 6.28. The third-order valence-electron chi connectivity index (χ3n) is 5.52. The predicted octanol–water partition coefficient (Wildman–Crippen LogP) is 1.96. The number of anilines is 2. The van der Waals surface area contributed by atoms with E-state index in [2.05, 4.69) is 30.2 Å². The van der Waals surface area contributed by atoms with Gasteiger partial charge < -0.3 is 16.0 Å². The average Bonchev–Trinajstić information content (AvgIpc) is 2.79. The van der Waals surface area contributed by atoms with Gasteiger partial charge in [-0.1, -0.05) is 12.1 Å². The summed E-state index contributed by atoms with van der Waals surface area (Å²) in [5.74, 6) is 0.0444. The minimum atomic E-state index is -0.431. The molecular formula is C21H22FN7O. The summed E-state index contributed by atoms with van der Waals surface area (Å²) in [6.07, 6.45) is 7.67. The van der Waals surface area contributed by atoms with Gasteiger partial charge in [-0.2, -0.15) is 0 Å². The van der Waals surface area contributed by atoms with Crippen molar-refractivity contribution < 1.29 is 9.18 Å². The molecule has 0 atom stereocenters. The molecule has 0 aliphatic carbocycles. The smallest absolute Gasteiger partial charge is 0.273 e. The van der Waals surface area contributed by atoms with Crippen molar-refractivity contribution in [2.24, 2.45) is 0 Å². The van der Waals surface area contributed by atoms with E-state index in [0.717, 1.165) is 5.56 Å². The minimum Gasteiger partial charge on any atom is -0.382 e. The van der Waals surface area contributed by atoms with Gasteiger partial charge in [0.1, 0.15) is 5.82 Å². The second-order valence-corrected chi connectivity index (χ2v) is 7.30. The zero-order valence-electron chi connectivity index (χ0n) is 16.3. The molecule has 1 saturated heterocycles. The summed E-state index contributed by atoms with van der Waals surface area (Å²) < 4.78 is 14.0. The first-order valence-electron chi connectivity index (χ1n) is 9.70. The molecule has 1 aliphatic heterocycles. The Hall–Kier alpha value is -3.62. The lowest BCUT2D eigenvalue weighted by Crippen LogP contribution is -2.49. The molecule has 0 spiro atoms. The number of rotatable bonds is 5. The number of nitrogens with one attached hydrogen (secondary N) is 1. The number of halogens is 1. The Morgan fingerprint density at radius 1 is 1.07 bits per heavy atom. The number of nitrogen functional groups attached to an aromatic ring is 1. The lowest BCUT2D eigenvalue weighted by Gasteiger charge is -2.42. The number of hydrogen-bond acceptors (Lipinski definition) is 7. The maximum absolute atomic E-state index is 14.0. The van der Waals surface area contributed by atoms with E-state index in [0.29, 0.717) is 38.4 Å². The van der Waals surface area contributed by atoms with E-state index in [4.69, 9.17) is 5.73 Å². The van der Waals surface area contributed by atoms with Crippen LogP contribution in [0.25, 0.3) is 0 Å². The molecular weight excluding hydrogens is 385 g/mol. The molecule has 4 rings (SSSR count). The Balaban J connectivity index is 1.55. The van der Waals surface area contributed by atoms with Crippen molar-refractivity contribution in [2.75, 3.05) is 30.3 Å². The molecule has 154 valence electrons. The molecule has 0 saturated carbocycles. The summed E-state index contributed by atoms with van der Waals surface area (Å²) in [4.78, 5) is 31.3. The normalized spacial score (nSPS) is 15.6. The van der Waals surface area contributed by atoms with E-state index in [1.807, 2.05) is 6.07 Å². The molecule has 3 heterocycles. The van der Waals surface area contributed by atoms with E-state index in [9.17, 15) is 9.18 Å². The molecule has 3 N–H and O–H groups in total. The maximum Gasteiger partial charge on any atom is 0.273 e. The van der Waals surface area contributed by atoms with Gasteiger partial charge in [-0.3, -0.25) is 4.79 Å². The van der Waals surface area contributed by atoms with Gasteiger partial charge in [-0.05, 0) is 36.6 Å². The number of carbonyl (C=O) groups is 1. The van der Waals surface area contributed by atoms with Crippen LogP contribution in [-0.4, -0.2) is 45.5 Å². The van der Waals surface area contributed by atoms with Crippen molar-refractivity contribution in [3.63, 3.8) is 0 Å². The number of benzene rings is 1. The van der Waals surface area contributed by atoms with E-state index in [1.54, 1.807) is 24.5 Å². The number of nitrogens with zero attached hydrogens (tertiary/aromatic N) is 5. The molecule has 0 radical (unpaired) electrons.